The summed E-state index contributed by atoms with van der Waals surface area (Å²) in [5.74, 6) is -7.06. The van der Waals surface area contributed by atoms with Crippen molar-refractivity contribution in [1.82, 2.24) is 14.5 Å². The molecule has 9 nitrogen and oxygen atoms in total. The number of sulfone groups is 1. The third-order valence-electron chi connectivity index (χ3n) is 5.61. The Morgan fingerprint density at radius 2 is 1.62 bits per heavy atom. The first-order valence-corrected chi connectivity index (χ1v) is 14.7. The van der Waals surface area contributed by atoms with Crippen LogP contribution in [0.2, 0.25) is 0 Å². The van der Waals surface area contributed by atoms with E-state index in [-0.39, 0.29) is 16.6 Å². The molecule has 1 N–H and O–H groups in total. The van der Waals surface area contributed by atoms with Crippen molar-refractivity contribution in [2.75, 3.05) is 11.0 Å². The van der Waals surface area contributed by atoms with Crippen LogP contribution in [0.15, 0.2) is 52.5 Å². The van der Waals surface area contributed by atoms with E-state index in [9.17, 15) is 26.0 Å². The Hall–Kier alpha value is -3.85. The number of benzene rings is 2. The molecule has 15 heteroatoms. The summed E-state index contributed by atoms with van der Waals surface area (Å²) in [5.41, 5.74) is -4.01. The van der Waals surface area contributed by atoms with Crippen molar-refractivity contribution in [3.8, 4) is 11.1 Å². The summed E-state index contributed by atoms with van der Waals surface area (Å²) >= 11 is 0. The van der Waals surface area contributed by atoms with Gasteiger partial charge in [0.2, 0.25) is 25.0 Å². The lowest BCUT2D eigenvalue weighted by molar-refractivity contribution is 0.502. The number of sulfonamides is 1. The number of pyridine rings is 1. The number of aromatic nitrogens is 3. The third kappa shape index (κ3) is 5.49. The molecule has 4 rings (SSSR count). The van der Waals surface area contributed by atoms with Crippen LogP contribution in [0.5, 0.6) is 0 Å². The summed E-state index contributed by atoms with van der Waals surface area (Å²) in [6, 6.07) is 5.69. The maximum Gasteiger partial charge on any atom is 0.260 e. The molecular weight excluding hydrogens is 564 g/mol. The molecule has 0 atom stereocenters. The second-order valence-electron chi connectivity index (χ2n) is 8.89. The molecular formula is C24H20F4N4O5S2. The van der Waals surface area contributed by atoms with Crippen LogP contribution in [-0.2, 0) is 25.6 Å². The van der Waals surface area contributed by atoms with Crippen LogP contribution < -0.4 is 10.3 Å². The smallest absolute Gasteiger partial charge is 0.260 e. The summed E-state index contributed by atoms with van der Waals surface area (Å²) in [4.78, 5) is 21.0. The predicted octanol–water partition coefficient (Wildman–Crippen LogP) is 3.94. The third-order valence-corrected chi connectivity index (χ3v) is 7.67. The van der Waals surface area contributed by atoms with Gasteiger partial charge in [-0.25, -0.2) is 39.4 Å². The fourth-order valence-electron chi connectivity index (χ4n) is 3.85. The fourth-order valence-corrected chi connectivity index (χ4v) is 5.56. The normalized spacial score (nSPS) is 12.3. The molecule has 39 heavy (non-hydrogen) atoms. The largest absolute Gasteiger partial charge is 0.289 e. The number of rotatable bonds is 7. The highest BCUT2D eigenvalue weighted by atomic mass is 32.2. The molecule has 4 aromatic rings. The molecule has 2 aromatic carbocycles. The van der Waals surface area contributed by atoms with Gasteiger partial charge in [0.25, 0.3) is 5.56 Å². The Labute approximate surface area is 220 Å². The van der Waals surface area contributed by atoms with E-state index in [0.717, 1.165) is 35.2 Å². The summed E-state index contributed by atoms with van der Waals surface area (Å²) in [5, 5.41) is -0.493. The second kappa shape index (κ2) is 10.0. The quantitative estimate of drug-likeness (QED) is 0.198. The number of fused-ring (bicyclic) bond motifs is 1. The van der Waals surface area contributed by atoms with Crippen LogP contribution in [0, 0.1) is 23.3 Å². The van der Waals surface area contributed by atoms with Crippen LogP contribution in [0.25, 0.3) is 22.2 Å². The minimum Gasteiger partial charge on any atom is -0.289 e. The first-order chi connectivity index (χ1) is 18.1. The standard InChI is InChI=1S/C24H20F4N4O5S2/c1-12(2)32-22-14(10-29-24(30-22)38(3,34)35)8-16(23(32)33)15-9-18(26)21(20(28)19(15)27)31-39(36,37)11-13-6-4-5-7-17(13)25/h4-10,12,31H,11H2,1-3H3. The van der Waals surface area contributed by atoms with Crippen LogP contribution in [0.3, 0.4) is 0 Å². The van der Waals surface area contributed by atoms with Crippen LogP contribution in [0.4, 0.5) is 23.2 Å². The van der Waals surface area contributed by atoms with Crippen molar-refractivity contribution in [2.24, 2.45) is 0 Å². The predicted molar refractivity (Wildman–Crippen MR) is 135 cm³/mol. The van der Waals surface area contributed by atoms with Gasteiger partial charge in [-0.05, 0) is 32.0 Å². The number of anilines is 1. The van der Waals surface area contributed by atoms with Crippen molar-refractivity contribution >= 4 is 36.6 Å². The molecule has 2 heterocycles. The molecule has 0 radical (unpaired) electrons. The van der Waals surface area contributed by atoms with E-state index in [1.54, 1.807) is 18.6 Å². The molecule has 0 fully saturated rings. The molecule has 0 bridgehead atoms. The minimum absolute atomic E-state index is 0.0700. The Bertz CT molecular complexity index is 1910. The van der Waals surface area contributed by atoms with Crippen molar-refractivity contribution in [3.63, 3.8) is 0 Å². The van der Waals surface area contributed by atoms with Gasteiger partial charge in [-0.15, -0.1) is 0 Å². The zero-order chi connectivity index (χ0) is 28.9. The zero-order valence-corrected chi connectivity index (χ0v) is 22.2. The molecule has 0 spiro atoms. The average molecular weight is 585 g/mol. The van der Waals surface area contributed by atoms with Crippen molar-refractivity contribution in [1.29, 1.82) is 0 Å². The molecule has 0 amide bonds. The minimum atomic E-state index is -4.59. The SMILES string of the molecule is CC(C)n1c(=O)c(-c2cc(F)c(NS(=O)(=O)Cc3ccccc3F)c(F)c2F)cc2cnc(S(C)(=O)=O)nc21. The first-order valence-electron chi connectivity index (χ1n) is 11.1. The van der Waals surface area contributed by atoms with Gasteiger partial charge in [0, 0.05) is 35.0 Å². The van der Waals surface area contributed by atoms with E-state index in [0.29, 0.717) is 6.07 Å². The van der Waals surface area contributed by atoms with Gasteiger partial charge >= 0.3 is 0 Å². The molecule has 0 saturated heterocycles. The summed E-state index contributed by atoms with van der Waals surface area (Å²) in [6.45, 7) is 3.11. The van der Waals surface area contributed by atoms with Crippen LogP contribution in [0.1, 0.15) is 25.5 Å². The molecule has 0 aliphatic heterocycles. The number of hydrogen-bond acceptors (Lipinski definition) is 7. The molecule has 0 saturated carbocycles. The summed E-state index contributed by atoms with van der Waals surface area (Å²) in [7, 11) is -8.43. The highest BCUT2D eigenvalue weighted by Gasteiger charge is 2.27. The Morgan fingerprint density at radius 1 is 0.949 bits per heavy atom. The van der Waals surface area contributed by atoms with Gasteiger partial charge in [0.15, 0.2) is 17.5 Å². The Balaban J connectivity index is 1.85. The number of hydrogen-bond donors (Lipinski definition) is 1. The van der Waals surface area contributed by atoms with Crippen molar-refractivity contribution in [3.05, 3.63) is 81.8 Å². The molecule has 0 aliphatic rings. The number of halogens is 4. The Morgan fingerprint density at radius 3 is 2.23 bits per heavy atom. The Kier molecular flexibility index (Phi) is 7.25. The summed E-state index contributed by atoms with van der Waals surface area (Å²) < 4.78 is 110. The second-order valence-corrected chi connectivity index (χ2v) is 12.5. The maximum absolute atomic E-state index is 15.2. The fraction of sp³-hybridized carbons (Fsp3) is 0.208. The van der Waals surface area contributed by atoms with E-state index in [4.69, 9.17) is 0 Å². The van der Waals surface area contributed by atoms with E-state index in [2.05, 4.69) is 9.97 Å². The number of nitrogens with zero attached hydrogens (tertiary/aromatic N) is 3. The van der Waals surface area contributed by atoms with E-state index < -0.39 is 82.5 Å². The van der Waals surface area contributed by atoms with E-state index in [1.807, 2.05) is 0 Å². The van der Waals surface area contributed by atoms with Crippen molar-refractivity contribution < 1.29 is 34.4 Å². The summed E-state index contributed by atoms with van der Waals surface area (Å²) in [6.07, 6.45) is 1.93. The molecule has 0 aliphatic carbocycles. The average Bonchev–Trinajstić information content (AvgIpc) is 2.84. The lowest BCUT2D eigenvalue weighted by atomic mass is 10.0. The highest BCUT2D eigenvalue weighted by molar-refractivity contribution is 7.92. The maximum atomic E-state index is 15.2. The van der Waals surface area contributed by atoms with Gasteiger partial charge in [-0.2, -0.15) is 4.98 Å². The van der Waals surface area contributed by atoms with Crippen LogP contribution in [-0.4, -0.2) is 37.6 Å². The van der Waals surface area contributed by atoms with Gasteiger partial charge in [0.05, 0.1) is 11.3 Å². The monoisotopic (exact) mass is 584 g/mol. The topological polar surface area (TPSA) is 128 Å². The molecule has 206 valence electrons. The molecule has 0 unspecified atom stereocenters. The lowest BCUT2D eigenvalue weighted by Gasteiger charge is -2.17. The highest BCUT2D eigenvalue weighted by Crippen LogP contribution is 2.32. The van der Waals surface area contributed by atoms with Gasteiger partial charge in [0.1, 0.15) is 17.2 Å². The van der Waals surface area contributed by atoms with Crippen molar-refractivity contribution in [2.45, 2.75) is 30.8 Å². The van der Waals surface area contributed by atoms with E-state index in [1.165, 1.54) is 12.1 Å². The zero-order valence-electron chi connectivity index (χ0n) is 20.5. The first kappa shape index (κ1) is 28.2. The van der Waals surface area contributed by atoms with Crippen LogP contribution >= 0.6 is 0 Å². The lowest BCUT2D eigenvalue weighted by Crippen LogP contribution is -2.26. The molecule has 2 aromatic heterocycles. The van der Waals surface area contributed by atoms with Gasteiger partial charge < -0.3 is 0 Å². The number of nitrogens with one attached hydrogen (secondary N) is 1. The van der Waals surface area contributed by atoms with Gasteiger partial charge in [-0.1, -0.05) is 18.2 Å². The van der Waals surface area contributed by atoms with Gasteiger partial charge in [-0.3, -0.25) is 14.1 Å². The van der Waals surface area contributed by atoms with E-state index >= 15 is 13.2 Å².